The van der Waals surface area contributed by atoms with Crippen LogP contribution in [0.5, 0.6) is 5.75 Å². The van der Waals surface area contributed by atoms with Gasteiger partial charge < -0.3 is 10.1 Å². The third-order valence-corrected chi connectivity index (χ3v) is 3.33. The zero-order chi connectivity index (χ0) is 16.7. The SMILES string of the molecule is O=C(COc1ccc(Br)cc1)NNC(=S)Nc1ccc(F)cc1. The molecular formula is C15H13BrFN3O2S. The van der Waals surface area contributed by atoms with E-state index in [1.807, 2.05) is 12.1 Å². The van der Waals surface area contributed by atoms with E-state index in [0.29, 0.717) is 11.4 Å². The van der Waals surface area contributed by atoms with Crippen molar-refractivity contribution in [3.05, 3.63) is 58.8 Å². The maximum atomic E-state index is 12.8. The molecule has 2 rings (SSSR count). The van der Waals surface area contributed by atoms with Crippen LogP contribution in [0.25, 0.3) is 0 Å². The number of hydrogen-bond donors (Lipinski definition) is 3. The van der Waals surface area contributed by atoms with Crippen molar-refractivity contribution in [3.8, 4) is 5.75 Å². The summed E-state index contributed by atoms with van der Waals surface area (Å²) < 4.78 is 19.0. The third kappa shape index (κ3) is 6.21. The highest BCUT2D eigenvalue weighted by Crippen LogP contribution is 2.15. The molecule has 1 amide bonds. The lowest BCUT2D eigenvalue weighted by Crippen LogP contribution is -2.45. The number of hydrazine groups is 1. The maximum absolute atomic E-state index is 12.8. The van der Waals surface area contributed by atoms with Gasteiger partial charge in [-0.1, -0.05) is 15.9 Å². The minimum atomic E-state index is -0.392. The van der Waals surface area contributed by atoms with Crippen molar-refractivity contribution in [2.24, 2.45) is 0 Å². The second kappa shape index (κ2) is 8.44. The number of amides is 1. The van der Waals surface area contributed by atoms with Gasteiger partial charge in [0.05, 0.1) is 0 Å². The van der Waals surface area contributed by atoms with Gasteiger partial charge >= 0.3 is 0 Å². The summed E-state index contributed by atoms with van der Waals surface area (Å²) in [6.45, 7) is -0.159. The van der Waals surface area contributed by atoms with Crippen molar-refractivity contribution in [3.63, 3.8) is 0 Å². The predicted octanol–water partition coefficient (Wildman–Crippen LogP) is 2.98. The minimum absolute atomic E-state index is 0.159. The first-order valence-corrected chi connectivity index (χ1v) is 7.73. The molecule has 0 unspecified atom stereocenters. The van der Waals surface area contributed by atoms with Gasteiger partial charge in [-0.2, -0.15) is 0 Å². The van der Waals surface area contributed by atoms with Crippen LogP contribution in [0.15, 0.2) is 53.0 Å². The van der Waals surface area contributed by atoms with Crippen LogP contribution in [-0.4, -0.2) is 17.6 Å². The van der Waals surface area contributed by atoms with E-state index in [9.17, 15) is 9.18 Å². The van der Waals surface area contributed by atoms with Gasteiger partial charge in [-0.3, -0.25) is 15.6 Å². The lowest BCUT2D eigenvalue weighted by atomic mass is 10.3. The van der Waals surface area contributed by atoms with Gasteiger partial charge in [-0.05, 0) is 60.7 Å². The highest BCUT2D eigenvalue weighted by atomic mass is 79.9. The molecule has 0 bridgehead atoms. The molecule has 0 heterocycles. The Morgan fingerprint density at radius 3 is 2.39 bits per heavy atom. The highest BCUT2D eigenvalue weighted by molar-refractivity contribution is 9.10. The number of thiocarbonyl (C=S) groups is 1. The van der Waals surface area contributed by atoms with Crippen molar-refractivity contribution < 1.29 is 13.9 Å². The summed E-state index contributed by atoms with van der Waals surface area (Å²) in [4.78, 5) is 11.6. The fourth-order valence-corrected chi connectivity index (χ4v) is 1.97. The Bertz CT molecular complexity index is 680. The number of carbonyl (C=O) groups is 1. The normalized spacial score (nSPS) is 9.83. The Hall–Kier alpha value is -2.19. The Morgan fingerprint density at radius 2 is 1.74 bits per heavy atom. The summed E-state index contributed by atoms with van der Waals surface area (Å²) in [5.41, 5.74) is 5.53. The van der Waals surface area contributed by atoms with Crippen molar-refractivity contribution in [1.82, 2.24) is 10.9 Å². The number of anilines is 1. The van der Waals surface area contributed by atoms with E-state index in [4.69, 9.17) is 17.0 Å². The fourth-order valence-electron chi connectivity index (χ4n) is 1.54. The lowest BCUT2D eigenvalue weighted by Gasteiger charge is -2.12. The Labute approximate surface area is 146 Å². The molecule has 0 saturated heterocycles. The van der Waals surface area contributed by atoms with E-state index in [2.05, 4.69) is 32.1 Å². The first kappa shape index (κ1) is 17.2. The standard InChI is InChI=1S/C15H13BrFN3O2S/c16-10-1-7-13(8-2-10)22-9-14(21)19-20-15(23)18-12-5-3-11(17)4-6-12/h1-8H,9H2,(H,19,21)(H2,18,20,23). The first-order chi connectivity index (χ1) is 11.0. The van der Waals surface area contributed by atoms with Crippen molar-refractivity contribution >= 4 is 44.9 Å². The average molecular weight is 398 g/mol. The van der Waals surface area contributed by atoms with Gasteiger partial charge in [0.15, 0.2) is 11.7 Å². The van der Waals surface area contributed by atoms with E-state index < -0.39 is 5.91 Å². The number of hydrogen-bond acceptors (Lipinski definition) is 3. The van der Waals surface area contributed by atoms with Gasteiger partial charge in [-0.15, -0.1) is 0 Å². The van der Waals surface area contributed by atoms with Crippen LogP contribution in [0.1, 0.15) is 0 Å². The van der Waals surface area contributed by atoms with Gasteiger partial charge in [0.2, 0.25) is 0 Å². The molecule has 8 heteroatoms. The summed E-state index contributed by atoms with van der Waals surface area (Å²) in [7, 11) is 0. The third-order valence-electron chi connectivity index (χ3n) is 2.60. The van der Waals surface area contributed by atoms with Crippen LogP contribution in [0.2, 0.25) is 0 Å². The van der Waals surface area contributed by atoms with Crippen molar-refractivity contribution in [2.45, 2.75) is 0 Å². The van der Waals surface area contributed by atoms with Crippen molar-refractivity contribution in [1.29, 1.82) is 0 Å². The van der Waals surface area contributed by atoms with Crippen LogP contribution in [-0.2, 0) is 4.79 Å². The molecule has 0 fully saturated rings. The van der Waals surface area contributed by atoms with Crippen molar-refractivity contribution in [2.75, 3.05) is 11.9 Å². The molecule has 3 N–H and O–H groups in total. The predicted molar refractivity (Wildman–Crippen MR) is 93.5 cm³/mol. The van der Waals surface area contributed by atoms with Crippen LogP contribution in [0.3, 0.4) is 0 Å². The minimum Gasteiger partial charge on any atom is -0.484 e. The average Bonchev–Trinajstić information content (AvgIpc) is 2.54. The molecule has 5 nitrogen and oxygen atoms in total. The van der Waals surface area contributed by atoms with Crippen LogP contribution >= 0.6 is 28.1 Å². The molecule has 23 heavy (non-hydrogen) atoms. The number of ether oxygens (including phenoxy) is 1. The summed E-state index contributed by atoms with van der Waals surface area (Å²) in [6.07, 6.45) is 0. The molecule has 120 valence electrons. The quantitative estimate of drug-likeness (QED) is 0.546. The van der Waals surface area contributed by atoms with E-state index in [-0.39, 0.29) is 17.5 Å². The van der Waals surface area contributed by atoms with Gasteiger partial charge in [0.25, 0.3) is 5.91 Å². The molecule has 0 saturated carbocycles. The fraction of sp³-hybridized carbons (Fsp3) is 0.0667. The maximum Gasteiger partial charge on any atom is 0.276 e. The summed E-state index contributed by atoms with van der Waals surface area (Å²) in [5.74, 6) is -0.153. The van der Waals surface area contributed by atoms with Crippen LogP contribution in [0.4, 0.5) is 10.1 Å². The molecule has 0 aliphatic heterocycles. The molecule has 0 atom stereocenters. The Balaban J connectivity index is 1.70. The number of benzene rings is 2. The first-order valence-electron chi connectivity index (χ1n) is 6.53. The van der Waals surface area contributed by atoms with Gasteiger partial charge in [0.1, 0.15) is 11.6 Å². The zero-order valence-corrected chi connectivity index (χ0v) is 14.2. The van der Waals surface area contributed by atoms with E-state index in [1.165, 1.54) is 24.3 Å². The number of rotatable bonds is 4. The largest absolute Gasteiger partial charge is 0.484 e. The molecule has 2 aromatic rings. The second-order valence-electron chi connectivity index (χ2n) is 4.38. The highest BCUT2D eigenvalue weighted by Gasteiger charge is 2.04. The van der Waals surface area contributed by atoms with Crippen LogP contribution in [0, 0.1) is 5.82 Å². The number of carbonyl (C=O) groups excluding carboxylic acids is 1. The van der Waals surface area contributed by atoms with Gasteiger partial charge in [-0.25, -0.2) is 4.39 Å². The second-order valence-corrected chi connectivity index (χ2v) is 5.70. The van der Waals surface area contributed by atoms with Crippen LogP contribution < -0.4 is 20.9 Å². The Morgan fingerprint density at radius 1 is 1.09 bits per heavy atom. The lowest BCUT2D eigenvalue weighted by molar-refractivity contribution is -0.123. The summed E-state index contributed by atoms with van der Waals surface area (Å²) in [5, 5.41) is 2.97. The molecule has 0 aromatic heterocycles. The smallest absolute Gasteiger partial charge is 0.276 e. The molecule has 0 aliphatic rings. The van der Waals surface area contributed by atoms with E-state index >= 15 is 0 Å². The van der Waals surface area contributed by atoms with Gasteiger partial charge in [0, 0.05) is 10.2 Å². The van der Waals surface area contributed by atoms with E-state index in [1.54, 1.807) is 12.1 Å². The topological polar surface area (TPSA) is 62.4 Å². The molecule has 0 spiro atoms. The molecular weight excluding hydrogens is 385 g/mol. The number of nitrogens with one attached hydrogen (secondary N) is 3. The molecule has 2 aromatic carbocycles. The molecule has 0 radical (unpaired) electrons. The van der Waals surface area contributed by atoms with E-state index in [0.717, 1.165) is 4.47 Å². The zero-order valence-electron chi connectivity index (χ0n) is 11.8. The molecule has 0 aliphatic carbocycles. The summed E-state index contributed by atoms with van der Waals surface area (Å²) >= 11 is 8.31. The monoisotopic (exact) mass is 397 g/mol. The number of halogens is 2. The summed E-state index contributed by atoms with van der Waals surface area (Å²) in [6, 6.07) is 12.8. The Kier molecular flexibility index (Phi) is 6.30.